The number of benzene rings is 4. The van der Waals surface area contributed by atoms with Crippen LogP contribution in [-0.2, 0) is 25.7 Å². The van der Waals surface area contributed by atoms with Crippen molar-refractivity contribution in [3.8, 4) is 46.0 Å². The molecule has 1 aliphatic carbocycles. The summed E-state index contributed by atoms with van der Waals surface area (Å²) in [4.78, 5) is 1.97. The van der Waals surface area contributed by atoms with Crippen LogP contribution in [0.4, 0.5) is 0 Å². The third-order valence-corrected chi connectivity index (χ3v) is 16.3. The highest BCUT2D eigenvalue weighted by Gasteiger charge is 2.43. The zero-order valence-electron chi connectivity index (χ0n) is 33.8. The Hall–Kier alpha value is -3.12. The first-order valence-electron chi connectivity index (χ1n) is 18.8. The smallest absolute Gasteiger partial charge is 0.454 e. The number of hydrogen-bond donors (Lipinski definition) is 0. The molecule has 0 aromatic heterocycles. The molecule has 0 unspecified atom stereocenters. The van der Waals surface area contributed by atoms with Gasteiger partial charge in [0.2, 0.25) is 0 Å². The van der Waals surface area contributed by atoms with Crippen LogP contribution >= 0.6 is 22.6 Å². The van der Waals surface area contributed by atoms with Crippen LogP contribution in [0.25, 0.3) is 0 Å². The summed E-state index contributed by atoms with van der Waals surface area (Å²) in [6.07, 6.45) is 2.61. The molecule has 0 atom stereocenters. The number of alkyl halides is 1. The van der Waals surface area contributed by atoms with E-state index in [0.717, 1.165) is 113 Å². The summed E-state index contributed by atoms with van der Waals surface area (Å²) in [7, 11) is -11.1. The van der Waals surface area contributed by atoms with E-state index in [1.165, 1.54) is 0 Å². The summed E-state index contributed by atoms with van der Waals surface area (Å²) in [6.45, 7) is 25.4. The van der Waals surface area contributed by atoms with Gasteiger partial charge in [-0.05, 0) is 101 Å². The molecule has 0 saturated heterocycles. The second-order valence-corrected chi connectivity index (χ2v) is 29.9. The minimum absolute atomic E-state index is 0.652. The molecule has 4 aromatic rings. The highest BCUT2D eigenvalue weighted by Crippen LogP contribution is 2.51. The maximum Gasteiger partial charge on any atom is 0.454 e. The molecular weight excluding hydrogens is 860 g/mol. The third kappa shape index (κ3) is 6.35. The van der Waals surface area contributed by atoms with E-state index in [1.807, 2.05) is 4.93 Å². The summed E-state index contributed by atoms with van der Waals surface area (Å²) in [6, 6.07) is 9.29. The second-order valence-electron chi connectivity index (χ2n) is 17.0. The van der Waals surface area contributed by atoms with Gasteiger partial charge in [0.1, 0.15) is 46.0 Å². The molecule has 0 spiro atoms. The second kappa shape index (κ2) is 12.7. The van der Waals surface area contributed by atoms with Gasteiger partial charge in [-0.25, -0.2) is 0 Å². The summed E-state index contributed by atoms with van der Waals surface area (Å²) < 4.78 is 55.8. The Kier molecular flexibility index (Phi) is 8.88. The van der Waals surface area contributed by atoms with E-state index >= 15 is 0 Å². The Bertz CT molecular complexity index is 1840. The van der Waals surface area contributed by atoms with Gasteiger partial charge in [-0.1, -0.05) is 22.6 Å². The van der Waals surface area contributed by atoms with Gasteiger partial charge >= 0.3 is 34.2 Å². The molecule has 4 aliphatic heterocycles. The normalized spacial score (nSPS) is 19.3. The lowest BCUT2D eigenvalue weighted by Gasteiger charge is -2.38. The molecule has 13 heteroatoms. The first-order valence-corrected chi connectivity index (χ1v) is 32.2. The van der Waals surface area contributed by atoms with Gasteiger partial charge in [0.15, 0.2) is 0 Å². The minimum atomic E-state index is -2.77. The van der Waals surface area contributed by atoms with Crippen LogP contribution in [0.2, 0.25) is 52.4 Å². The van der Waals surface area contributed by atoms with Crippen molar-refractivity contribution in [3.63, 3.8) is 0 Å². The molecule has 0 radical (unpaired) electrons. The van der Waals surface area contributed by atoms with Crippen molar-refractivity contribution in [2.45, 2.75) is 106 Å². The summed E-state index contributed by atoms with van der Waals surface area (Å²) in [5, 5.41) is 0. The molecule has 0 fully saturated rings. The largest absolute Gasteiger partial charge is 0.511 e. The summed E-state index contributed by atoms with van der Waals surface area (Å²) in [5.41, 5.74) is 13.1. The molecule has 0 saturated carbocycles. The van der Waals surface area contributed by atoms with E-state index in [0.29, 0.717) is 25.7 Å². The van der Waals surface area contributed by atoms with Crippen LogP contribution in [0.3, 0.4) is 0 Å². The topological polar surface area (TPSA) is 73.8 Å². The summed E-state index contributed by atoms with van der Waals surface area (Å²) in [5.74, 6) is 6.91. The van der Waals surface area contributed by atoms with Crippen LogP contribution in [0.1, 0.15) is 66.8 Å². The molecule has 4 aromatic carbocycles. The van der Waals surface area contributed by atoms with Gasteiger partial charge < -0.3 is 35.4 Å². The lowest BCUT2D eigenvalue weighted by Crippen LogP contribution is -2.46. The van der Waals surface area contributed by atoms with Crippen molar-refractivity contribution in [2.24, 2.45) is 0 Å². The number of hydrogen-bond acceptors (Lipinski definition) is 8. The first kappa shape index (κ1) is 37.8. The molecule has 54 heavy (non-hydrogen) atoms. The van der Waals surface area contributed by atoms with Gasteiger partial charge in [-0.2, -0.15) is 0 Å². The van der Waals surface area contributed by atoms with Crippen molar-refractivity contribution < 1.29 is 35.4 Å². The fourth-order valence-electron chi connectivity index (χ4n) is 8.76. The van der Waals surface area contributed by atoms with Gasteiger partial charge in [0.25, 0.3) is 0 Å². The average molecular weight is 911 g/mol. The van der Waals surface area contributed by atoms with Crippen LogP contribution in [0.15, 0.2) is 24.3 Å². The Morgan fingerprint density at radius 2 is 0.444 bits per heavy atom. The fraction of sp³-hybridized carbons (Fsp3) is 0.415. The first-order chi connectivity index (χ1) is 25.3. The predicted octanol–water partition coefficient (Wildman–Crippen LogP) is 10.5. The zero-order valence-corrected chi connectivity index (χ0v) is 39.9. The highest BCUT2D eigenvalue weighted by molar-refractivity contribution is 14.1. The fourth-order valence-corrected chi connectivity index (χ4v) is 15.1. The molecule has 4 heterocycles. The van der Waals surface area contributed by atoms with E-state index in [4.69, 9.17) is 35.4 Å². The van der Waals surface area contributed by atoms with E-state index in [2.05, 4.69) is 127 Å². The Balaban J connectivity index is 0.00000203. The molecule has 286 valence electrons. The van der Waals surface area contributed by atoms with E-state index in [9.17, 15) is 0 Å². The van der Waals surface area contributed by atoms with Gasteiger partial charge in [0.05, 0.1) is 0 Å². The van der Waals surface area contributed by atoms with Crippen molar-refractivity contribution >= 4 is 56.8 Å². The van der Waals surface area contributed by atoms with Gasteiger partial charge in [-0.15, -0.1) is 0 Å². The van der Waals surface area contributed by atoms with E-state index in [-0.39, 0.29) is 0 Å². The van der Waals surface area contributed by atoms with Crippen LogP contribution in [0.5, 0.6) is 46.0 Å². The quantitative estimate of drug-likeness (QED) is 0.0864. The molecular formula is C41H51IO8Si4. The lowest BCUT2D eigenvalue weighted by molar-refractivity contribution is 0.363. The Morgan fingerprint density at radius 1 is 0.315 bits per heavy atom. The lowest BCUT2D eigenvalue weighted by atomic mass is 9.88. The SMILES string of the molecule is CI.Cc1c2c3cc4c1O[Si](C)(C)Oc1c(cc5c(c1C)O[Si](C)(C)Oc1c(cc6c(c1C)O[Si](C)(C)Oc1c(cc(c(c1C)O[Si](C)(C)O2)C3)C6)C5)C4. The highest BCUT2D eigenvalue weighted by atomic mass is 127. The number of rotatable bonds is 0. The minimum Gasteiger partial charge on any atom is -0.511 e. The van der Waals surface area contributed by atoms with Crippen LogP contribution in [0, 0.1) is 27.7 Å². The Morgan fingerprint density at radius 3 is 0.574 bits per heavy atom. The summed E-state index contributed by atoms with van der Waals surface area (Å²) >= 11 is 2.15. The van der Waals surface area contributed by atoms with Gasteiger partial charge in [0, 0.05) is 100 Å². The molecule has 5 aliphatic rings. The van der Waals surface area contributed by atoms with Crippen molar-refractivity contribution in [3.05, 3.63) is 91.0 Å². The molecule has 8 bridgehead atoms. The van der Waals surface area contributed by atoms with Crippen molar-refractivity contribution in [2.75, 3.05) is 4.93 Å². The maximum atomic E-state index is 6.98. The van der Waals surface area contributed by atoms with Crippen molar-refractivity contribution in [1.29, 1.82) is 0 Å². The maximum absolute atomic E-state index is 6.98. The van der Waals surface area contributed by atoms with Crippen molar-refractivity contribution in [1.82, 2.24) is 0 Å². The van der Waals surface area contributed by atoms with E-state index < -0.39 is 34.2 Å². The molecule has 9 rings (SSSR count). The number of halogens is 1. The molecule has 8 nitrogen and oxygen atoms in total. The van der Waals surface area contributed by atoms with E-state index in [1.54, 1.807) is 0 Å². The standard InChI is InChI=1S/C40H48O8Si4.CH3I/c1-21-33-25-13-26-18-28-15-30-20-32-16-31-19-29-14-27(17-25)35(43-49(5,6)41-33)22(2)37(29)45-51(9,10)47-39(31)24(4)40(32)48-52(11,12)46-38(30)23(3)36(28)44-50(7,8)42-34(21)26;1-2/h13-16H,17-20H2,1-12H3;1H3. The monoisotopic (exact) mass is 910 g/mol. The zero-order chi connectivity index (χ0) is 38.9. The molecule has 0 amide bonds. The van der Waals surface area contributed by atoms with Crippen LogP contribution < -0.4 is 35.4 Å². The Labute approximate surface area is 337 Å². The molecule has 0 N–H and O–H groups in total. The third-order valence-electron chi connectivity index (χ3n) is 10.8. The average Bonchev–Trinajstić information content (AvgIpc) is 3.06. The van der Waals surface area contributed by atoms with Gasteiger partial charge in [-0.3, -0.25) is 0 Å². The predicted molar refractivity (Wildman–Crippen MR) is 231 cm³/mol. The van der Waals surface area contributed by atoms with Crippen LogP contribution in [-0.4, -0.2) is 39.2 Å².